The molecule has 1 aromatic carbocycles. The molecule has 2 amide bonds. The second-order valence-corrected chi connectivity index (χ2v) is 6.75. The summed E-state index contributed by atoms with van der Waals surface area (Å²) in [6, 6.07) is 11.3. The zero-order valence-corrected chi connectivity index (χ0v) is 14.3. The van der Waals surface area contributed by atoms with Crippen LogP contribution in [0, 0.1) is 0 Å². The Morgan fingerprint density at radius 3 is 2.88 bits per heavy atom. The average Bonchev–Trinajstić information content (AvgIpc) is 3.08. The van der Waals surface area contributed by atoms with Gasteiger partial charge in [0.15, 0.2) is 0 Å². The number of carbonyl (C=O) groups excluding carboxylic acids is 2. The highest BCUT2D eigenvalue weighted by molar-refractivity contribution is 7.10. The lowest BCUT2D eigenvalue weighted by Crippen LogP contribution is -2.35. The summed E-state index contributed by atoms with van der Waals surface area (Å²) < 4.78 is 5.62. The minimum atomic E-state index is -0.294. The van der Waals surface area contributed by atoms with Crippen LogP contribution in [0.4, 0.5) is 0 Å². The Labute approximate surface area is 145 Å². The van der Waals surface area contributed by atoms with Crippen molar-refractivity contribution in [2.45, 2.75) is 31.8 Å². The summed E-state index contributed by atoms with van der Waals surface area (Å²) in [5.74, 6) is 0.604. The Morgan fingerprint density at radius 2 is 2.12 bits per heavy atom. The number of rotatable bonds is 5. The van der Waals surface area contributed by atoms with Gasteiger partial charge in [-0.2, -0.15) is 0 Å². The van der Waals surface area contributed by atoms with E-state index < -0.39 is 0 Å². The fourth-order valence-corrected chi connectivity index (χ4v) is 3.67. The molecular weight excluding hydrogens is 324 g/mol. The van der Waals surface area contributed by atoms with Gasteiger partial charge < -0.3 is 15.4 Å². The molecule has 1 aliphatic heterocycles. The smallest absolute Gasteiger partial charge is 0.222 e. The van der Waals surface area contributed by atoms with E-state index in [2.05, 4.69) is 10.6 Å². The summed E-state index contributed by atoms with van der Waals surface area (Å²) in [4.78, 5) is 24.9. The predicted molar refractivity (Wildman–Crippen MR) is 92.9 cm³/mol. The van der Waals surface area contributed by atoms with Crippen LogP contribution in [-0.2, 0) is 9.59 Å². The van der Waals surface area contributed by atoms with Crippen molar-refractivity contribution in [2.75, 3.05) is 6.61 Å². The molecule has 0 bridgehead atoms. The first kappa shape index (κ1) is 16.5. The van der Waals surface area contributed by atoms with Crippen LogP contribution in [0.3, 0.4) is 0 Å². The predicted octanol–water partition coefficient (Wildman–Crippen LogP) is 2.96. The van der Waals surface area contributed by atoms with E-state index in [-0.39, 0.29) is 30.3 Å². The number of benzene rings is 1. The number of nitrogens with one attached hydrogen (secondary N) is 2. The second-order valence-electron chi connectivity index (χ2n) is 5.77. The first-order valence-corrected chi connectivity index (χ1v) is 8.83. The average molecular weight is 344 g/mol. The van der Waals surface area contributed by atoms with Crippen LogP contribution in [0.5, 0.6) is 5.75 Å². The van der Waals surface area contributed by atoms with Crippen molar-refractivity contribution in [3.05, 3.63) is 52.2 Å². The first-order valence-electron chi connectivity index (χ1n) is 7.95. The Hall–Kier alpha value is -2.34. The van der Waals surface area contributed by atoms with Crippen LogP contribution in [0.15, 0.2) is 41.8 Å². The van der Waals surface area contributed by atoms with Gasteiger partial charge >= 0.3 is 0 Å². The van der Waals surface area contributed by atoms with E-state index in [1.54, 1.807) is 0 Å². The van der Waals surface area contributed by atoms with Crippen molar-refractivity contribution < 1.29 is 14.3 Å². The van der Waals surface area contributed by atoms with Crippen molar-refractivity contribution in [3.63, 3.8) is 0 Å². The molecule has 0 spiro atoms. The minimum Gasteiger partial charge on any atom is -0.493 e. The minimum absolute atomic E-state index is 0.0521. The van der Waals surface area contributed by atoms with Gasteiger partial charge in [-0.3, -0.25) is 9.59 Å². The molecule has 5 nitrogen and oxygen atoms in total. The molecule has 2 N–H and O–H groups in total. The topological polar surface area (TPSA) is 67.4 Å². The molecule has 0 radical (unpaired) electrons. The highest BCUT2D eigenvalue weighted by atomic mass is 32.1. The van der Waals surface area contributed by atoms with Crippen LogP contribution >= 0.6 is 11.3 Å². The number of para-hydroxylation sites is 1. The van der Waals surface area contributed by atoms with Gasteiger partial charge in [0.1, 0.15) is 5.75 Å². The molecule has 0 saturated carbocycles. The van der Waals surface area contributed by atoms with Gasteiger partial charge in [0, 0.05) is 23.8 Å². The molecule has 1 aromatic heterocycles. The van der Waals surface area contributed by atoms with Crippen molar-refractivity contribution in [1.82, 2.24) is 10.6 Å². The van der Waals surface area contributed by atoms with Gasteiger partial charge in [0.25, 0.3) is 0 Å². The maximum absolute atomic E-state index is 12.5. The van der Waals surface area contributed by atoms with Crippen molar-refractivity contribution >= 4 is 23.2 Å². The molecule has 24 heavy (non-hydrogen) atoms. The van der Waals surface area contributed by atoms with Crippen LogP contribution in [-0.4, -0.2) is 18.4 Å². The van der Waals surface area contributed by atoms with E-state index in [9.17, 15) is 9.59 Å². The fourth-order valence-electron chi connectivity index (χ4n) is 2.89. The van der Waals surface area contributed by atoms with Crippen LogP contribution in [0.25, 0.3) is 0 Å². The van der Waals surface area contributed by atoms with E-state index in [1.807, 2.05) is 41.8 Å². The second kappa shape index (κ2) is 7.49. The number of fused-ring (bicyclic) bond motifs is 1. The highest BCUT2D eigenvalue weighted by Crippen LogP contribution is 2.32. The zero-order chi connectivity index (χ0) is 16.9. The summed E-state index contributed by atoms with van der Waals surface area (Å²) in [7, 11) is 0. The summed E-state index contributed by atoms with van der Waals surface area (Å²) >= 11 is 1.53. The molecule has 1 aliphatic rings. The number of hydrogen-bond acceptors (Lipinski definition) is 4. The molecule has 2 atom stereocenters. The molecule has 2 aromatic rings. The molecule has 2 heterocycles. The third kappa shape index (κ3) is 3.94. The maximum atomic E-state index is 12.5. The number of amides is 2. The largest absolute Gasteiger partial charge is 0.493 e. The normalized spacial score (nSPS) is 17.3. The van der Waals surface area contributed by atoms with Crippen LogP contribution in [0.1, 0.15) is 42.3 Å². The van der Waals surface area contributed by atoms with E-state index in [4.69, 9.17) is 4.74 Å². The number of thiophene rings is 1. The van der Waals surface area contributed by atoms with Gasteiger partial charge in [-0.15, -0.1) is 11.3 Å². The Balaban J connectivity index is 1.67. The summed E-state index contributed by atoms with van der Waals surface area (Å²) in [5.41, 5.74) is 1.00. The van der Waals surface area contributed by atoms with E-state index in [0.29, 0.717) is 6.61 Å². The fraction of sp³-hybridized carbons (Fsp3) is 0.333. The highest BCUT2D eigenvalue weighted by Gasteiger charge is 2.24. The van der Waals surface area contributed by atoms with Crippen molar-refractivity contribution in [1.29, 1.82) is 0 Å². The molecular formula is C18H20N2O3S. The van der Waals surface area contributed by atoms with Gasteiger partial charge in [0.2, 0.25) is 11.8 Å². The third-order valence-electron chi connectivity index (χ3n) is 3.95. The Kier molecular flexibility index (Phi) is 5.15. The number of carbonyl (C=O) groups is 2. The lowest BCUT2D eigenvalue weighted by molar-refractivity contribution is -0.123. The van der Waals surface area contributed by atoms with Crippen molar-refractivity contribution in [3.8, 4) is 5.75 Å². The number of ether oxygens (including phenoxy) is 1. The lowest BCUT2D eigenvalue weighted by atomic mass is 10.00. The summed E-state index contributed by atoms with van der Waals surface area (Å²) in [5, 5.41) is 7.87. The monoisotopic (exact) mass is 344 g/mol. The lowest BCUT2D eigenvalue weighted by Gasteiger charge is -2.27. The van der Waals surface area contributed by atoms with E-state index in [1.165, 1.54) is 18.3 Å². The van der Waals surface area contributed by atoms with Crippen molar-refractivity contribution in [2.24, 2.45) is 0 Å². The van der Waals surface area contributed by atoms with Gasteiger partial charge in [0.05, 0.1) is 25.1 Å². The summed E-state index contributed by atoms with van der Waals surface area (Å²) in [6.07, 6.45) is 0.964. The molecule has 0 aliphatic carbocycles. The molecule has 2 unspecified atom stereocenters. The van der Waals surface area contributed by atoms with Gasteiger partial charge in [-0.25, -0.2) is 0 Å². The molecule has 6 heteroatoms. The van der Waals surface area contributed by atoms with Crippen LogP contribution in [0.2, 0.25) is 0 Å². The maximum Gasteiger partial charge on any atom is 0.222 e. The molecule has 0 fully saturated rings. The molecule has 0 saturated heterocycles. The number of hydrogen-bond donors (Lipinski definition) is 2. The van der Waals surface area contributed by atoms with E-state index in [0.717, 1.165) is 22.6 Å². The first-order chi connectivity index (χ1) is 11.6. The Bertz CT molecular complexity index is 715. The third-order valence-corrected chi connectivity index (χ3v) is 4.93. The SMILES string of the molecule is CC(=O)NC(CC(=O)NC1CCOc2ccccc21)c1cccs1. The van der Waals surface area contributed by atoms with Gasteiger partial charge in [-0.1, -0.05) is 24.3 Å². The van der Waals surface area contributed by atoms with Crippen LogP contribution < -0.4 is 15.4 Å². The quantitative estimate of drug-likeness (QED) is 0.876. The Morgan fingerprint density at radius 1 is 1.29 bits per heavy atom. The standard InChI is InChI=1S/C18H20N2O3S/c1-12(21)19-15(17-7-4-10-24-17)11-18(22)20-14-8-9-23-16-6-3-2-5-13(14)16/h2-7,10,14-15H,8-9,11H2,1H3,(H,19,21)(H,20,22). The van der Waals surface area contributed by atoms with Gasteiger partial charge in [-0.05, 0) is 17.5 Å². The zero-order valence-electron chi connectivity index (χ0n) is 13.5. The molecule has 3 rings (SSSR count). The molecule has 126 valence electrons. The van der Waals surface area contributed by atoms with E-state index >= 15 is 0 Å². The summed E-state index contributed by atoms with van der Waals surface area (Å²) in [6.45, 7) is 2.05.